The first kappa shape index (κ1) is 14.6. The lowest BCUT2D eigenvalue weighted by molar-refractivity contribution is 0.0447. The number of amidine groups is 1. The first-order valence-corrected chi connectivity index (χ1v) is 7.75. The Morgan fingerprint density at radius 1 is 1.17 bits per heavy atom. The first-order valence-electron chi connectivity index (χ1n) is 7.75. The molecule has 1 atom stereocenters. The van der Waals surface area contributed by atoms with Crippen LogP contribution in [0.15, 0.2) is 64.5 Å². The number of hydroxylamine groups is 1. The Bertz CT molecular complexity index is 979. The standard InChI is InChI=1S/C18H16N4O2/c1-12-19-15-10-6-5-9-14(15)18(23)22(12)20-17-11-16(24-21-17)13-7-3-2-4-8-13/h2-10,16H,11H2,1H3,(H,20,21). The van der Waals surface area contributed by atoms with E-state index in [9.17, 15) is 4.79 Å². The van der Waals surface area contributed by atoms with Gasteiger partial charge in [0.1, 0.15) is 17.8 Å². The van der Waals surface area contributed by atoms with Crippen molar-refractivity contribution in [2.45, 2.75) is 19.4 Å². The van der Waals surface area contributed by atoms with E-state index in [1.54, 1.807) is 13.0 Å². The molecule has 1 N–H and O–H groups in total. The zero-order chi connectivity index (χ0) is 16.5. The maximum Gasteiger partial charge on any atom is 0.282 e. The topological polar surface area (TPSA) is 68.5 Å². The van der Waals surface area contributed by atoms with Gasteiger partial charge in [0.15, 0.2) is 0 Å². The van der Waals surface area contributed by atoms with Gasteiger partial charge in [-0.2, -0.15) is 4.68 Å². The van der Waals surface area contributed by atoms with Crippen LogP contribution in [0.25, 0.3) is 10.9 Å². The molecule has 24 heavy (non-hydrogen) atoms. The van der Waals surface area contributed by atoms with Crippen molar-refractivity contribution >= 4 is 16.7 Å². The molecule has 0 spiro atoms. The molecule has 2 heterocycles. The van der Waals surface area contributed by atoms with Crippen molar-refractivity contribution in [3.8, 4) is 0 Å². The van der Waals surface area contributed by atoms with Crippen molar-refractivity contribution in [1.82, 2.24) is 15.1 Å². The van der Waals surface area contributed by atoms with Gasteiger partial charge in [-0.15, -0.1) is 5.10 Å². The zero-order valence-corrected chi connectivity index (χ0v) is 13.1. The number of fused-ring (bicyclic) bond motifs is 1. The highest BCUT2D eigenvalue weighted by Gasteiger charge is 2.23. The number of aryl methyl sites for hydroxylation is 1. The van der Waals surface area contributed by atoms with Gasteiger partial charge >= 0.3 is 0 Å². The number of hydrogen-bond acceptors (Lipinski definition) is 4. The van der Waals surface area contributed by atoms with Crippen molar-refractivity contribution < 1.29 is 4.84 Å². The molecule has 3 aromatic rings. The number of para-hydroxylation sites is 1. The third-order valence-electron chi connectivity index (χ3n) is 4.01. The van der Waals surface area contributed by atoms with Gasteiger partial charge in [0.2, 0.25) is 0 Å². The third-order valence-corrected chi connectivity index (χ3v) is 4.01. The minimum absolute atomic E-state index is 0.116. The molecule has 6 nitrogen and oxygen atoms in total. The number of nitrogens with one attached hydrogen (secondary N) is 1. The summed E-state index contributed by atoms with van der Waals surface area (Å²) in [7, 11) is 0. The van der Waals surface area contributed by atoms with Crippen LogP contribution in [0.1, 0.15) is 23.9 Å². The molecule has 4 rings (SSSR count). The lowest BCUT2D eigenvalue weighted by Crippen LogP contribution is -2.24. The van der Waals surface area contributed by atoms with Crippen molar-refractivity contribution in [1.29, 1.82) is 0 Å². The molecule has 1 saturated heterocycles. The van der Waals surface area contributed by atoms with Gasteiger partial charge < -0.3 is 0 Å². The lowest BCUT2D eigenvalue weighted by Gasteiger charge is -2.06. The number of aromatic nitrogens is 2. The summed E-state index contributed by atoms with van der Waals surface area (Å²) < 4.78 is 1.32. The second kappa shape index (κ2) is 5.90. The minimum Gasteiger partial charge on any atom is -0.267 e. The Labute approximate surface area is 138 Å². The van der Waals surface area contributed by atoms with Crippen molar-refractivity contribution in [3.05, 3.63) is 76.3 Å². The van der Waals surface area contributed by atoms with Gasteiger partial charge in [0, 0.05) is 6.42 Å². The molecule has 0 amide bonds. The van der Waals surface area contributed by atoms with Gasteiger partial charge in [-0.25, -0.2) is 4.98 Å². The van der Waals surface area contributed by atoms with Gasteiger partial charge in [0.25, 0.3) is 5.56 Å². The summed E-state index contributed by atoms with van der Waals surface area (Å²) in [5.74, 6) is 1.14. The average Bonchev–Trinajstić information content (AvgIpc) is 3.08. The lowest BCUT2D eigenvalue weighted by atomic mass is 10.1. The highest BCUT2D eigenvalue weighted by molar-refractivity contribution is 5.83. The van der Waals surface area contributed by atoms with Crippen LogP contribution in [0.4, 0.5) is 0 Å². The van der Waals surface area contributed by atoms with Crippen LogP contribution in [-0.4, -0.2) is 15.5 Å². The average molecular weight is 320 g/mol. The fourth-order valence-electron chi connectivity index (χ4n) is 2.79. The summed E-state index contributed by atoms with van der Waals surface area (Å²) >= 11 is 0. The predicted octanol–water partition coefficient (Wildman–Crippen LogP) is 2.53. The molecule has 1 fully saturated rings. The van der Waals surface area contributed by atoms with E-state index in [0.29, 0.717) is 29.0 Å². The van der Waals surface area contributed by atoms with E-state index in [1.165, 1.54) is 4.68 Å². The van der Waals surface area contributed by atoms with Gasteiger partial charge in [0.05, 0.1) is 10.9 Å². The van der Waals surface area contributed by atoms with Crippen LogP contribution >= 0.6 is 0 Å². The zero-order valence-electron chi connectivity index (χ0n) is 13.1. The molecule has 1 aliphatic heterocycles. The van der Waals surface area contributed by atoms with Crippen molar-refractivity contribution in [2.24, 2.45) is 5.10 Å². The first-order chi connectivity index (χ1) is 11.7. The Morgan fingerprint density at radius 2 is 1.92 bits per heavy atom. The van der Waals surface area contributed by atoms with Crippen LogP contribution in [0.3, 0.4) is 0 Å². The van der Waals surface area contributed by atoms with E-state index < -0.39 is 0 Å². The molecular weight excluding hydrogens is 304 g/mol. The minimum atomic E-state index is -0.185. The van der Waals surface area contributed by atoms with Crippen LogP contribution in [0, 0.1) is 6.92 Å². The highest BCUT2D eigenvalue weighted by Crippen LogP contribution is 2.24. The molecular formula is C18H16N4O2. The highest BCUT2D eigenvalue weighted by atomic mass is 16.7. The Kier molecular flexibility index (Phi) is 3.59. The maximum atomic E-state index is 12.6. The van der Waals surface area contributed by atoms with E-state index >= 15 is 0 Å². The number of rotatable bonds is 2. The molecule has 0 radical (unpaired) electrons. The number of benzene rings is 2. The second-order valence-electron chi connectivity index (χ2n) is 5.66. The summed E-state index contributed by atoms with van der Waals surface area (Å²) in [6.45, 7) is 1.77. The molecule has 1 unspecified atom stereocenters. The molecule has 1 aromatic heterocycles. The molecule has 0 bridgehead atoms. The largest absolute Gasteiger partial charge is 0.282 e. The van der Waals surface area contributed by atoms with Crippen molar-refractivity contribution in [3.63, 3.8) is 0 Å². The Balaban J connectivity index is 1.69. The van der Waals surface area contributed by atoms with Crippen LogP contribution < -0.4 is 11.0 Å². The van der Waals surface area contributed by atoms with Gasteiger partial charge in [-0.1, -0.05) is 42.5 Å². The number of hydrogen-bond donors (Lipinski definition) is 1. The van der Waals surface area contributed by atoms with Crippen LogP contribution in [-0.2, 0) is 4.84 Å². The van der Waals surface area contributed by atoms with E-state index in [4.69, 9.17) is 4.84 Å². The normalized spacial score (nSPS) is 18.9. The molecule has 1 aliphatic rings. The summed E-state index contributed by atoms with van der Waals surface area (Å²) in [6.07, 6.45) is 0.456. The van der Waals surface area contributed by atoms with E-state index in [0.717, 1.165) is 5.56 Å². The van der Waals surface area contributed by atoms with Crippen LogP contribution in [0.5, 0.6) is 0 Å². The van der Waals surface area contributed by atoms with E-state index in [1.807, 2.05) is 48.5 Å². The van der Waals surface area contributed by atoms with Gasteiger partial charge in [-0.3, -0.25) is 15.1 Å². The second-order valence-corrected chi connectivity index (χ2v) is 5.66. The monoisotopic (exact) mass is 320 g/mol. The Hall–Kier alpha value is -2.99. The Morgan fingerprint density at radius 3 is 2.75 bits per heavy atom. The molecule has 0 aliphatic carbocycles. The van der Waals surface area contributed by atoms with E-state index in [2.05, 4.69) is 15.6 Å². The molecule has 0 saturated carbocycles. The summed E-state index contributed by atoms with van der Waals surface area (Å²) in [5, 5.41) is 4.95. The van der Waals surface area contributed by atoms with Gasteiger partial charge in [-0.05, 0) is 24.6 Å². The quantitative estimate of drug-likeness (QED) is 0.788. The fraction of sp³-hybridized carbons (Fsp3) is 0.167. The summed E-state index contributed by atoms with van der Waals surface area (Å²) in [5.41, 5.74) is 4.37. The summed E-state index contributed by atoms with van der Waals surface area (Å²) in [4.78, 5) is 22.7. The molecule has 2 aromatic carbocycles. The smallest absolute Gasteiger partial charge is 0.267 e. The fourth-order valence-corrected chi connectivity index (χ4v) is 2.79. The number of nitrogens with zero attached hydrogens (tertiary/aromatic N) is 3. The predicted molar refractivity (Wildman–Crippen MR) is 91.6 cm³/mol. The summed E-state index contributed by atoms with van der Waals surface area (Å²) in [6, 6.07) is 17.2. The molecule has 6 heteroatoms. The maximum absolute atomic E-state index is 12.6. The third kappa shape index (κ3) is 2.57. The van der Waals surface area contributed by atoms with Crippen LogP contribution in [0.2, 0.25) is 0 Å². The SMILES string of the molecule is Cc1nc2ccccc2c(=O)n1N=C1CC(c2ccccc2)ON1. The molecule has 120 valence electrons. The van der Waals surface area contributed by atoms with E-state index in [-0.39, 0.29) is 11.7 Å². The van der Waals surface area contributed by atoms with Crippen molar-refractivity contribution in [2.75, 3.05) is 0 Å².